The summed E-state index contributed by atoms with van der Waals surface area (Å²) >= 11 is 6.27. The number of piperidine rings is 1. The molecule has 0 aromatic carbocycles. The third-order valence-electron chi connectivity index (χ3n) is 3.49. The Hall–Kier alpha value is 0.210. The van der Waals surface area contributed by atoms with Gasteiger partial charge in [0.1, 0.15) is 0 Å². The zero-order valence-electron chi connectivity index (χ0n) is 8.92. The van der Waals surface area contributed by atoms with Crippen LogP contribution in [0.15, 0.2) is 0 Å². The molecule has 0 N–H and O–H groups in total. The lowest BCUT2D eigenvalue weighted by molar-refractivity contribution is 0.146. The van der Waals surface area contributed by atoms with E-state index in [4.69, 9.17) is 16.3 Å². The first-order valence-corrected chi connectivity index (χ1v) is 6.13. The number of halogens is 1. The summed E-state index contributed by atoms with van der Waals surface area (Å²) < 4.78 is 5.39. The molecule has 0 amide bonds. The maximum absolute atomic E-state index is 6.27. The minimum Gasteiger partial charge on any atom is -0.381 e. The minimum atomic E-state index is 0.353. The van der Waals surface area contributed by atoms with Crippen LogP contribution in [0.25, 0.3) is 0 Å². The Bertz CT molecular complexity index is 182. The molecule has 0 aliphatic carbocycles. The fourth-order valence-electron chi connectivity index (χ4n) is 2.34. The van der Waals surface area contributed by atoms with Crippen LogP contribution in [0.3, 0.4) is 0 Å². The molecule has 3 heteroatoms. The van der Waals surface area contributed by atoms with Crippen molar-refractivity contribution in [1.82, 2.24) is 4.90 Å². The summed E-state index contributed by atoms with van der Waals surface area (Å²) in [4.78, 5) is 2.51. The molecule has 0 saturated carbocycles. The average molecular weight is 218 g/mol. The molecule has 14 heavy (non-hydrogen) atoms. The van der Waals surface area contributed by atoms with Crippen molar-refractivity contribution in [2.75, 3.05) is 32.8 Å². The second-order valence-electron chi connectivity index (χ2n) is 4.77. The van der Waals surface area contributed by atoms with Gasteiger partial charge in [0.15, 0.2) is 0 Å². The number of likely N-dealkylation sites (tertiary alicyclic amines) is 1. The van der Waals surface area contributed by atoms with Crippen LogP contribution in [0.2, 0.25) is 0 Å². The number of hydrogen-bond donors (Lipinski definition) is 0. The first-order valence-electron chi connectivity index (χ1n) is 5.70. The lowest BCUT2D eigenvalue weighted by Gasteiger charge is -2.35. The maximum Gasteiger partial charge on any atom is 0.0507 e. The summed E-state index contributed by atoms with van der Waals surface area (Å²) in [7, 11) is 0. The summed E-state index contributed by atoms with van der Waals surface area (Å²) in [5, 5.41) is 0.353. The van der Waals surface area contributed by atoms with Crippen molar-refractivity contribution in [2.45, 2.75) is 25.1 Å². The molecule has 0 spiro atoms. The Morgan fingerprint density at radius 2 is 2.29 bits per heavy atom. The molecule has 3 atom stereocenters. The molecular weight excluding hydrogens is 198 g/mol. The van der Waals surface area contributed by atoms with Crippen molar-refractivity contribution in [3.63, 3.8) is 0 Å². The first kappa shape index (κ1) is 10.7. The van der Waals surface area contributed by atoms with E-state index in [1.54, 1.807) is 0 Å². The fourth-order valence-corrected chi connectivity index (χ4v) is 2.66. The van der Waals surface area contributed by atoms with Gasteiger partial charge in [-0.15, -0.1) is 11.6 Å². The van der Waals surface area contributed by atoms with Crippen LogP contribution in [0.4, 0.5) is 0 Å². The Labute approximate surface area is 91.6 Å². The molecule has 0 radical (unpaired) electrons. The van der Waals surface area contributed by atoms with Crippen molar-refractivity contribution in [2.24, 2.45) is 11.8 Å². The lowest BCUT2D eigenvalue weighted by atomic mass is 9.97. The minimum absolute atomic E-state index is 0.353. The number of alkyl halides is 1. The third-order valence-corrected chi connectivity index (χ3v) is 4.06. The number of nitrogens with zero attached hydrogens (tertiary/aromatic N) is 1. The second kappa shape index (κ2) is 4.82. The highest BCUT2D eigenvalue weighted by atomic mass is 35.5. The Kier molecular flexibility index (Phi) is 3.69. The lowest BCUT2D eigenvalue weighted by Crippen LogP contribution is -2.42. The average Bonchev–Trinajstić information content (AvgIpc) is 2.64. The first-order chi connectivity index (χ1) is 6.75. The SMILES string of the molecule is CC1CCN(CC2CCOC2)CC1Cl. The van der Waals surface area contributed by atoms with E-state index in [9.17, 15) is 0 Å². The normalized spacial score (nSPS) is 40.3. The van der Waals surface area contributed by atoms with Crippen LogP contribution in [-0.2, 0) is 4.74 Å². The Morgan fingerprint density at radius 3 is 2.93 bits per heavy atom. The quantitative estimate of drug-likeness (QED) is 0.656. The van der Waals surface area contributed by atoms with Gasteiger partial charge >= 0.3 is 0 Å². The van der Waals surface area contributed by atoms with E-state index in [0.29, 0.717) is 11.3 Å². The molecule has 2 saturated heterocycles. The van der Waals surface area contributed by atoms with Crippen molar-refractivity contribution in [1.29, 1.82) is 0 Å². The van der Waals surface area contributed by atoms with Crippen LogP contribution in [0, 0.1) is 11.8 Å². The summed E-state index contributed by atoms with van der Waals surface area (Å²) in [5.74, 6) is 1.44. The number of hydrogen-bond acceptors (Lipinski definition) is 2. The van der Waals surface area contributed by atoms with Gasteiger partial charge in [-0.25, -0.2) is 0 Å². The largest absolute Gasteiger partial charge is 0.381 e. The van der Waals surface area contributed by atoms with Gasteiger partial charge in [-0.1, -0.05) is 6.92 Å². The highest BCUT2D eigenvalue weighted by Gasteiger charge is 2.27. The van der Waals surface area contributed by atoms with Crippen molar-refractivity contribution in [3.05, 3.63) is 0 Å². The van der Waals surface area contributed by atoms with Crippen molar-refractivity contribution < 1.29 is 4.74 Å². The van der Waals surface area contributed by atoms with Gasteiger partial charge in [0.2, 0.25) is 0 Å². The predicted octanol–water partition coefficient (Wildman–Crippen LogP) is 1.97. The Morgan fingerprint density at radius 1 is 1.43 bits per heavy atom. The van der Waals surface area contributed by atoms with Gasteiger partial charge in [-0.3, -0.25) is 0 Å². The third kappa shape index (κ3) is 2.62. The molecule has 2 heterocycles. The topological polar surface area (TPSA) is 12.5 Å². The van der Waals surface area contributed by atoms with E-state index in [1.807, 2.05) is 0 Å². The van der Waals surface area contributed by atoms with Gasteiger partial charge in [0, 0.05) is 25.1 Å². The number of rotatable bonds is 2. The summed E-state index contributed by atoms with van der Waals surface area (Å²) in [6.45, 7) is 7.65. The van der Waals surface area contributed by atoms with Crippen molar-refractivity contribution >= 4 is 11.6 Å². The molecule has 0 aromatic heterocycles. The molecule has 82 valence electrons. The molecule has 2 fully saturated rings. The molecule has 2 nitrogen and oxygen atoms in total. The van der Waals surface area contributed by atoms with E-state index in [0.717, 1.165) is 25.7 Å². The van der Waals surface area contributed by atoms with Crippen LogP contribution in [0.1, 0.15) is 19.8 Å². The predicted molar refractivity (Wildman–Crippen MR) is 58.8 cm³/mol. The van der Waals surface area contributed by atoms with Crippen LogP contribution < -0.4 is 0 Å². The van der Waals surface area contributed by atoms with Gasteiger partial charge in [-0.2, -0.15) is 0 Å². The summed E-state index contributed by atoms with van der Waals surface area (Å²) in [6, 6.07) is 0. The zero-order valence-corrected chi connectivity index (χ0v) is 9.67. The smallest absolute Gasteiger partial charge is 0.0507 e. The van der Waals surface area contributed by atoms with Gasteiger partial charge < -0.3 is 9.64 Å². The maximum atomic E-state index is 6.27. The Balaban J connectivity index is 1.75. The summed E-state index contributed by atoms with van der Waals surface area (Å²) in [6.07, 6.45) is 2.49. The van der Waals surface area contributed by atoms with E-state index in [1.165, 1.54) is 25.9 Å². The highest BCUT2D eigenvalue weighted by molar-refractivity contribution is 6.21. The van der Waals surface area contributed by atoms with E-state index in [2.05, 4.69) is 11.8 Å². The molecule has 3 unspecified atom stereocenters. The van der Waals surface area contributed by atoms with Crippen LogP contribution in [0.5, 0.6) is 0 Å². The van der Waals surface area contributed by atoms with Gasteiger partial charge in [-0.05, 0) is 31.2 Å². The second-order valence-corrected chi connectivity index (χ2v) is 5.33. The van der Waals surface area contributed by atoms with E-state index >= 15 is 0 Å². The fraction of sp³-hybridized carbons (Fsp3) is 1.00. The van der Waals surface area contributed by atoms with Gasteiger partial charge in [0.05, 0.1) is 6.61 Å². The highest BCUT2D eigenvalue weighted by Crippen LogP contribution is 2.23. The van der Waals surface area contributed by atoms with Crippen LogP contribution >= 0.6 is 11.6 Å². The summed E-state index contributed by atoms with van der Waals surface area (Å²) in [5.41, 5.74) is 0. The molecule has 0 aromatic rings. The molecular formula is C11H20ClNO. The van der Waals surface area contributed by atoms with E-state index in [-0.39, 0.29) is 0 Å². The van der Waals surface area contributed by atoms with Gasteiger partial charge in [0.25, 0.3) is 0 Å². The molecule has 2 rings (SSSR count). The van der Waals surface area contributed by atoms with Crippen LogP contribution in [-0.4, -0.2) is 43.1 Å². The molecule has 0 bridgehead atoms. The van der Waals surface area contributed by atoms with E-state index < -0.39 is 0 Å². The van der Waals surface area contributed by atoms with Crippen molar-refractivity contribution in [3.8, 4) is 0 Å². The monoisotopic (exact) mass is 217 g/mol. The zero-order chi connectivity index (χ0) is 9.97. The standard InChI is InChI=1S/C11H20ClNO/c1-9-2-4-13(7-11(9)12)6-10-3-5-14-8-10/h9-11H,2-8H2,1H3. The molecule has 2 aliphatic heterocycles. The molecule has 2 aliphatic rings. The number of ether oxygens (including phenoxy) is 1.